The highest BCUT2D eigenvalue weighted by Gasteiger charge is 2.53. The molecule has 0 N–H and O–H groups in total. The summed E-state index contributed by atoms with van der Waals surface area (Å²) in [7, 11) is 0. The Morgan fingerprint density at radius 2 is 1.70 bits per heavy atom. The largest absolute Gasteiger partial charge is 0.378 e. The van der Waals surface area contributed by atoms with E-state index in [0.29, 0.717) is 36.9 Å². The third-order valence-electron chi connectivity index (χ3n) is 5.81. The maximum absolute atomic E-state index is 13.4. The molecule has 6 nitrogen and oxygen atoms in total. The van der Waals surface area contributed by atoms with E-state index in [0.717, 1.165) is 32.1 Å². The van der Waals surface area contributed by atoms with E-state index in [9.17, 15) is 9.59 Å². The third-order valence-corrected chi connectivity index (χ3v) is 6.07. The van der Waals surface area contributed by atoms with Crippen LogP contribution in [0.3, 0.4) is 0 Å². The average molecular weight is 393 g/mol. The number of nitrogens with zero attached hydrogens (tertiary/aromatic N) is 2. The van der Waals surface area contributed by atoms with E-state index in [-0.39, 0.29) is 18.4 Å². The smallest absolute Gasteiger partial charge is 0.256 e. The van der Waals surface area contributed by atoms with Gasteiger partial charge in [-0.25, -0.2) is 0 Å². The van der Waals surface area contributed by atoms with Crippen molar-refractivity contribution in [1.29, 1.82) is 0 Å². The second-order valence-electron chi connectivity index (χ2n) is 7.45. The Morgan fingerprint density at radius 3 is 2.37 bits per heavy atom. The number of rotatable bonds is 2. The summed E-state index contributed by atoms with van der Waals surface area (Å²) in [5.41, 5.74) is -0.128. The number of benzene rings is 1. The highest BCUT2D eigenvalue weighted by atomic mass is 35.5. The molecule has 27 heavy (non-hydrogen) atoms. The highest BCUT2D eigenvalue weighted by molar-refractivity contribution is 6.30. The second kappa shape index (κ2) is 7.78. The van der Waals surface area contributed by atoms with E-state index in [4.69, 9.17) is 21.1 Å². The Hall–Kier alpha value is -1.63. The topological polar surface area (TPSA) is 59.1 Å². The van der Waals surface area contributed by atoms with Crippen LogP contribution in [0, 0.1) is 0 Å². The fourth-order valence-corrected chi connectivity index (χ4v) is 4.51. The second-order valence-corrected chi connectivity index (χ2v) is 7.89. The number of amides is 2. The summed E-state index contributed by atoms with van der Waals surface area (Å²) in [5.74, 6) is -0.194. The monoisotopic (exact) mass is 392 g/mol. The van der Waals surface area contributed by atoms with E-state index >= 15 is 0 Å². The minimum Gasteiger partial charge on any atom is -0.378 e. The van der Waals surface area contributed by atoms with Crippen LogP contribution in [0.4, 0.5) is 0 Å². The van der Waals surface area contributed by atoms with Gasteiger partial charge in [-0.1, -0.05) is 18.0 Å². The average Bonchev–Trinajstić information content (AvgIpc) is 3.07. The van der Waals surface area contributed by atoms with Crippen molar-refractivity contribution < 1.29 is 19.1 Å². The third kappa shape index (κ3) is 3.58. The summed E-state index contributed by atoms with van der Waals surface area (Å²) in [6.07, 6.45) is 4.69. The predicted octanol–water partition coefficient (Wildman–Crippen LogP) is 2.70. The van der Waals surface area contributed by atoms with Crippen LogP contribution in [0.5, 0.6) is 0 Å². The van der Waals surface area contributed by atoms with E-state index in [1.807, 2.05) is 0 Å². The quantitative estimate of drug-likeness (QED) is 0.776. The molecule has 3 aliphatic rings. The van der Waals surface area contributed by atoms with Gasteiger partial charge >= 0.3 is 0 Å². The molecule has 1 aliphatic carbocycles. The van der Waals surface area contributed by atoms with Crippen LogP contribution in [0.2, 0.25) is 5.02 Å². The molecule has 7 heteroatoms. The van der Waals surface area contributed by atoms with Gasteiger partial charge in [0.25, 0.3) is 5.91 Å². The molecule has 1 aromatic carbocycles. The first-order valence-electron chi connectivity index (χ1n) is 9.70. The van der Waals surface area contributed by atoms with Crippen LogP contribution in [0.1, 0.15) is 42.5 Å². The number of carbonyl (C=O) groups is 2. The SMILES string of the molecule is O=C([C@@H]1COC2(CCCCC2)N1C(=O)c1ccc(Cl)cc1)N1CCOCC1. The Bertz CT molecular complexity index is 696. The zero-order valence-corrected chi connectivity index (χ0v) is 16.1. The van der Waals surface area contributed by atoms with Crippen LogP contribution in [-0.4, -0.2) is 66.3 Å². The molecule has 146 valence electrons. The molecule has 0 unspecified atom stereocenters. The van der Waals surface area contributed by atoms with Crippen LogP contribution in [0.15, 0.2) is 24.3 Å². The van der Waals surface area contributed by atoms with Crippen molar-refractivity contribution in [3.63, 3.8) is 0 Å². The summed E-state index contributed by atoms with van der Waals surface area (Å²) < 4.78 is 11.5. The lowest BCUT2D eigenvalue weighted by molar-refractivity contribution is -0.141. The number of ether oxygens (including phenoxy) is 2. The normalized spacial score (nSPS) is 25.0. The Kier molecular flexibility index (Phi) is 5.39. The first-order valence-corrected chi connectivity index (χ1v) is 10.1. The number of hydrogen-bond acceptors (Lipinski definition) is 4. The first-order chi connectivity index (χ1) is 13.1. The molecule has 0 bridgehead atoms. The van der Waals surface area contributed by atoms with Gasteiger partial charge in [-0.2, -0.15) is 0 Å². The van der Waals surface area contributed by atoms with Crippen molar-refractivity contribution in [2.24, 2.45) is 0 Å². The Labute approximate surface area is 164 Å². The summed E-state index contributed by atoms with van der Waals surface area (Å²) in [4.78, 5) is 30.2. The van der Waals surface area contributed by atoms with E-state index < -0.39 is 11.8 Å². The minimum absolute atomic E-state index is 0.0388. The molecule has 2 saturated heterocycles. The van der Waals surface area contributed by atoms with E-state index in [1.165, 1.54) is 0 Å². The van der Waals surface area contributed by atoms with E-state index in [2.05, 4.69) is 0 Å². The maximum atomic E-state index is 13.4. The summed E-state index contributed by atoms with van der Waals surface area (Å²) >= 11 is 5.98. The van der Waals surface area contributed by atoms with Gasteiger partial charge < -0.3 is 14.4 Å². The molecule has 2 aliphatic heterocycles. The van der Waals surface area contributed by atoms with Crippen LogP contribution >= 0.6 is 11.6 Å². The van der Waals surface area contributed by atoms with E-state index in [1.54, 1.807) is 34.1 Å². The van der Waals surface area contributed by atoms with Crippen molar-refractivity contribution in [1.82, 2.24) is 9.80 Å². The molecule has 2 amide bonds. The van der Waals surface area contributed by atoms with Crippen LogP contribution < -0.4 is 0 Å². The summed E-state index contributed by atoms with van der Waals surface area (Å²) in [6.45, 7) is 2.46. The fourth-order valence-electron chi connectivity index (χ4n) is 4.39. The number of halogens is 1. The summed E-state index contributed by atoms with van der Waals surface area (Å²) in [6, 6.07) is 6.27. The van der Waals surface area contributed by atoms with Gasteiger partial charge in [0.1, 0.15) is 11.8 Å². The highest BCUT2D eigenvalue weighted by Crippen LogP contribution is 2.41. The molecule has 1 spiro atoms. The molecule has 1 atom stereocenters. The van der Waals surface area contributed by atoms with Crippen molar-refractivity contribution in [3.8, 4) is 0 Å². The van der Waals surface area contributed by atoms with Crippen LogP contribution in [0.25, 0.3) is 0 Å². The molecule has 3 fully saturated rings. The number of morpholine rings is 1. The molecular weight excluding hydrogens is 368 g/mol. The van der Waals surface area contributed by atoms with Gasteiger partial charge in [0.05, 0.1) is 19.8 Å². The zero-order chi connectivity index (χ0) is 18.9. The first kappa shape index (κ1) is 18.7. The van der Waals surface area contributed by atoms with Gasteiger partial charge in [0.2, 0.25) is 5.91 Å². The number of hydrogen-bond donors (Lipinski definition) is 0. The van der Waals surface area contributed by atoms with Gasteiger partial charge in [0, 0.05) is 23.7 Å². The zero-order valence-electron chi connectivity index (χ0n) is 15.4. The van der Waals surface area contributed by atoms with Crippen molar-refractivity contribution in [2.75, 3.05) is 32.9 Å². The van der Waals surface area contributed by atoms with Crippen molar-refractivity contribution >= 4 is 23.4 Å². The predicted molar refractivity (Wildman–Crippen MR) is 101 cm³/mol. The molecule has 0 radical (unpaired) electrons. The van der Waals surface area contributed by atoms with Gasteiger partial charge in [-0.15, -0.1) is 0 Å². The molecule has 2 heterocycles. The maximum Gasteiger partial charge on any atom is 0.256 e. The molecule has 4 rings (SSSR count). The van der Waals surface area contributed by atoms with Gasteiger partial charge in [-0.05, 0) is 49.9 Å². The molecule has 1 saturated carbocycles. The molecule has 1 aromatic rings. The van der Waals surface area contributed by atoms with Gasteiger partial charge in [0.15, 0.2) is 0 Å². The lowest BCUT2D eigenvalue weighted by Gasteiger charge is -2.42. The van der Waals surface area contributed by atoms with Crippen molar-refractivity contribution in [2.45, 2.75) is 43.9 Å². The molecular formula is C20H25ClN2O4. The summed E-state index contributed by atoms with van der Waals surface area (Å²) in [5, 5.41) is 0.581. The van der Waals surface area contributed by atoms with Crippen LogP contribution in [-0.2, 0) is 14.3 Å². The Morgan fingerprint density at radius 1 is 1.04 bits per heavy atom. The fraction of sp³-hybridized carbons (Fsp3) is 0.600. The lowest BCUT2D eigenvalue weighted by Crippen LogP contribution is -2.58. The minimum atomic E-state index is -0.665. The number of carbonyl (C=O) groups excluding carboxylic acids is 2. The lowest BCUT2D eigenvalue weighted by atomic mass is 9.89. The Balaban J connectivity index is 1.64. The van der Waals surface area contributed by atoms with Crippen molar-refractivity contribution in [3.05, 3.63) is 34.9 Å². The molecule has 0 aromatic heterocycles. The van der Waals surface area contributed by atoms with Gasteiger partial charge in [-0.3, -0.25) is 14.5 Å². The standard InChI is InChI=1S/C20H25ClN2O4/c21-16-6-4-15(5-7-16)18(24)23-17(19(25)22-10-12-26-13-11-22)14-27-20(23)8-2-1-3-9-20/h4-7,17H,1-3,8-14H2/t17-/m0/s1.